The van der Waals surface area contributed by atoms with Gasteiger partial charge in [0.05, 0.1) is 11.9 Å². The van der Waals surface area contributed by atoms with Crippen molar-refractivity contribution in [2.75, 3.05) is 7.05 Å². The number of rotatable bonds is 7. The van der Waals surface area contributed by atoms with Gasteiger partial charge in [0.25, 0.3) is 5.91 Å². The second-order valence-corrected chi connectivity index (χ2v) is 6.82. The fraction of sp³-hybridized carbons (Fsp3) is 0.227. The molecule has 0 aliphatic carbocycles. The zero-order valence-electron chi connectivity index (χ0n) is 16.1. The van der Waals surface area contributed by atoms with E-state index in [0.29, 0.717) is 12.1 Å². The maximum Gasteiger partial charge on any atom is 0.251 e. The Balaban J connectivity index is 1.52. The fourth-order valence-electron chi connectivity index (χ4n) is 2.89. The van der Waals surface area contributed by atoms with Gasteiger partial charge in [0.2, 0.25) is 5.91 Å². The summed E-state index contributed by atoms with van der Waals surface area (Å²) in [5.41, 5.74) is 2.50. The molecule has 0 saturated carbocycles. The topological polar surface area (TPSA) is 67.2 Å². The molecule has 6 nitrogen and oxygen atoms in total. The third kappa shape index (κ3) is 5.07. The van der Waals surface area contributed by atoms with Crippen molar-refractivity contribution in [3.8, 4) is 5.69 Å². The Hall–Kier alpha value is -3.41. The van der Waals surface area contributed by atoms with E-state index >= 15 is 0 Å². The van der Waals surface area contributed by atoms with Gasteiger partial charge in [-0.05, 0) is 31.2 Å². The third-order valence-electron chi connectivity index (χ3n) is 4.40. The zero-order valence-corrected chi connectivity index (χ0v) is 16.1. The van der Waals surface area contributed by atoms with Crippen LogP contribution in [0.1, 0.15) is 29.3 Å². The smallest absolute Gasteiger partial charge is 0.251 e. The van der Waals surface area contributed by atoms with Crippen LogP contribution in [0.5, 0.6) is 0 Å². The predicted octanol–water partition coefficient (Wildman–Crippen LogP) is 3.04. The van der Waals surface area contributed by atoms with E-state index < -0.39 is 0 Å². The van der Waals surface area contributed by atoms with Gasteiger partial charge in [0.15, 0.2) is 0 Å². The molecule has 0 spiro atoms. The van der Waals surface area contributed by atoms with Gasteiger partial charge in [0.1, 0.15) is 0 Å². The molecule has 0 fully saturated rings. The Morgan fingerprint density at radius 2 is 1.71 bits per heavy atom. The number of para-hydroxylation sites is 1. The summed E-state index contributed by atoms with van der Waals surface area (Å²) in [6, 6.07) is 18.6. The number of nitrogens with one attached hydrogen (secondary N) is 1. The molecule has 3 rings (SSSR count). The van der Waals surface area contributed by atoms with Gasteiger partial charge >= 0.3 is 0 Å². The Kier molecular flexibility index (Phi) is 6.22. The number of carbonyl (C=O) groups excluding carboxylic acids is 2. The molecule has 0 aliphatic heterocycles. The van der Waals surface area contributed by atoms with Crippen LogP contribution < -0.4 is 5.32 Å². The number of nitrogens with zero attached hydrogens (tertiary/aromatic N) is 3. The first-order valence-corrected chi connectivity index (χ1v) is 9.22. The molecule has 28 heavy (non-hydrogen) atoms. The summed E-state index contributed by atoms with van der Waals surface area (Å²) in [4.78, 5) is 26.3. The first-order chi connectivity index (χ1) is 13.5. The molecule has 0 saturated heterocycles. The van der Waals surface area contributed by atoms with Crippen LogP contribution in [0.4, 0.5) is 0 Å². The lowest BCUT2D eigenvalue weighted by molar-refractivity contribution is -0.130. The second-order valence-electron chi connectivity index (χ2n) is 6.82. The van der Waals surface area contributed by atoms with Crippen LogP contribution in [0.3, 0.4) is 0 Å². The quantitative estimate of drug-likeness (QED) is 0.689. The average molecular weight is 376 g/mol. The number of amides is 2. The summed E-state index contributed by atoms with van der Waals surface area (Å²) in [5, 5.41) is 7.22. The Morgan fingerprint density at radius 3 is 2.39 bits per heavy atom. The van der Waals surface area contributed by atoms with Crippen LogP contribution in [0.25, 0.3) is 5.69 Å². The number of hydrogen-bond acceptors (Lipinski definition) is 3. The summed E-state index contributed by atoms with van der Waals surface area (Å²) in [5.74, 6) is -0.207. The molecule has 3 aromatic rings. The molecular weight excluding hydrogens is 352 g/mol. The molecule has 1 unspecified atom stereocenters. The van der Waals surface area contributed by atoms with Crippen LogP contribution in [0, 0.1) is 0 Å². The van der Waals surface area contributed by atoms with Gasteiger partial charge in [-0.2, -0.15) is 5.10 Å². The summed E-state index contributed by atoms with van der Waals surface area (Å²) in [6.07, 6.45) is 3.92. The van der Waals surface area contributed by atoms with Crippen molar-refractivity contribution in [2.24, 2.45) is 0 Å². The molecule has 1 atom stereocenters. The van der Waals surface area contributed by atoms with Gasteiger partial charge < -0.3 is 10.2 Å². The maximum atomic E-state index is 12.5. The molecule has 1 aromatic heterocycles. The summed E-state index contributed by atoms with van der Waals surface area (Å²) in [7, 11) is 1.76. The lowest BCUT2D eigenvalue weighted by atomic mass is 10.1. The molecule has 0 radical (unpaired) electrons. The van der Waals surface area contributed by atoms with Crippen LogP contribution in [0.15, 0.2) is 73.1 Å². The largest absolute Gasteiger partial charge is 0.349 e. The first kappa shape index (κ1) is 19.4. The highest BCUT2D eigenvalue weighted by atomic mass is 16.2. The van der Waals surface area contributed by atoms with Crippen molar-refractivity contribution in [3.05, 3.63) is 84.2 Å². The highest BCUT2D eigenvalue weighted by Gasteiger charge is 2.16. The first-order valence-electron chi connectivity index (χ1n) is 9.22. The van der Waals surface area contributed by atoms with E-state index in [9.17, 15) is 9.59 Å². The van der Waals surface area contributed by atoms with Crippen LogP contribution >= 0.6 is 0 Å². The van der Waals surface area contributed by atoms with E-state index in [0.717, 1.165) is 11.3 Å². The number of carbonyl (C=O) groups is 2. The molecule has 2 amide bonds. The van der Waals surface area contributed by atoms with Crippen LogP contribution in [-0.4, -0.2) is 39.6 Å². The van der Waals surface area contributed by atoms with E-state index in [1.165, 1.54) is 0 Å². The van der Waals surface area contributed by atoms with E-state index in [2.05, 4.69) is 10.4 Å². The van der Waals surface area contributed by atoms with E-state index in [4.69, 9.17) is 0 Å². The average Bonchev–Trinajstić information content (AvgIpc) is 3.17. The SMILES string of the molecule is CC(CC(=O)N(C)Cc1cnn(-c2ccccc2)c1)NC(=O)c1ccccc1. The van der Waals surface area contributed by atoms with Gasteiger partial charge in [-0.15, -0.1) is 0 Å². The Morgan fingerprint density at radius 1 is 1.07 bits per heavy atom. The molecule has 6 heteroatoms. The number of hydrogen-bond donors (Lipinski definition) is 1. The van der Waals surface area contributed by atoms with Gasteiger partial charge in [-0.3, -0.25) is 9.59 Å². The maximum absolute atomic E-state index is 12.5. The van der Waals surface area contributed by atoms with Crippen molar-refractivity contribution in [1.29, 1.82) is 0 Å². The van der Waals surface area contributed by atoms with E-state index in [1.807, 2.05) is 61.7 Å². The molecule has 1 N–H and O–H groups in total. The van der Waals surface area contributed by atoms with Gasteiger partial charge in [-0.1, -0.05) is 36.4 Å². The summed E-state index contributed by atoms with van der Waals surface area (Å²) >= 11 is 0. The second kappa shape index (κ2) is 8.99. The van der Waals surface area contributed by atoms with Gasteiger partial charge in [-0.25, -0.2) is 4.68 Å². The van der Waals surface area contributed by atoms with Crippen LogP contribution in [0.2, 0.25) is 0 Å². The predicted molar refractivity (Wildman–Crippen MR) is 108 cm³/mol. The normalized spacial score (nSPS) is 11.6. The Labute approximate surface area is 164 Å². The minimum absolute atomic E-state index is 0.0340. The molecule has 1 heterocycles. The number of aromatic nitrogens is 2. The van der Waals surface area contributed by atoms with Crippen molar-refractivity contribution in [1.82, 2.24) is 20.0 Å². The monoisotopic (exact) mass is 376 g/mol. The fourth-order valence-corrected chi connectivity index (χ4v) is 2.89. The Bertz CT molecular complexity index is 922. The summed E-state index contributed by atoms with van der Waals surface area (Å²) < 4.78 is 1.79. The minimum Gasteiger partial charge on any atom is -0.349 e. The lowest BCUT2D eigenvalue weighted by Crippen LogP contribution is -2.37. The molecule has 0 bridgehead atoms. The highest BCUT2D eigenvalue weighted by Crippen LogP contribution is 2.10. The standard InChI is InChI=1S/C22H24N4O2/c1-17(24-22(28)19-9-5-3-6-10-19)13-21(27)25(2)15-18-14-23-26(16-18)20-11-7-4-8-12-20/h3-12,14,16-17H,13,15H2,1-2H3,(H,24,28). The van der Waals surface area contributed by atoms with Crippen molar-refractivity contribution < 1.29 is 9.59 Å². The van der Waals surface area contributed by atoms with E-state index in [-0.39, 0.29) is 24.3 Å². The minimum atomic E-state index is -0.255. The number of benzene rings is 2. The lowest BCUT2D eigenvalue weighted by Gasteiger charge is -2.20. The van der Waals surface area contributed by atoms with Crippen molar-refractivity contribution in [2.45, 2.75) is 25.9 Å². The zero-order chi connectivity index (χ0) is 19.9. The molecular formula is C22H24N4O2. The summed E-state index contributed by atoms with van der Waals surface area (Å²) in [6.45, 7) is 2.30. The van der Waals surface area contributed by atoms with Crippen LogP contribution in [-0.2, 0) is 11.3 Å². The molecule has 144 valence electrons. The molecule has 0 aliphatic rings. The molecule has 2 aromatic carbocycles. The highest BCUT2D eigenvalue weighted by molar-refractivity contribution is 5.94. The third-order valence-corrected chi connectivity index (χ3v) is 4.40. The van der Waals surface area contributed by atoms with Crippen molar-refractivity contribution >= 4 is 11.8 Å². The van der Waals surface area contributed by atoms with Gasteiger partial charge in [0, 0.05) is 43.4 Å². The van der Waals surface area contributed by atoms with Crippen molar-refractivity contribution in [3.63, 3.8) is 0 Å². The van der Waals surface area contributed by atoms with E-state index in [1.54, 1.807) is 35.0 Å².